The molecule has 0 amide bonds. The highest BCUT2D eigenvalue weighted by atomic mass is 15.2. The number of rotatable bonds is 3. The van der Waals surface area contributed by atoms with E-state index < -0.39 is 0 Å². The summed E-state index contributed by atoms with van der Waals surface area (Å²) in [5.74, 6) is 0.734. The van der Waals surface area contributed by atoms with Gasteiger partial charge in [0, 0.05) is 24.2 Å². The highest BCUT2D eigenvalue weighted by Crippen LogP contribution is 2.32. The smallest absolute Gasteiger partial charge is 0.0702 e. The van der Waals surface area contributed by atoms with Crippen molar-refractivity contribution in [2.24, 2.45) is 5.92 Å². The van der Waals surface area contributed by atoms with Crippen molar-refractivity contribution >= 4 is 10.9 Å². The van der Waals surface area contributed by atoms with Crippen LogP contribution in [0.3, 0.4) is 0 Å². The summed E-state index contributed by atoms with van der Waals surface area (Å²) in [4.78, 5) is 7.09. The Balaban J connectivity index is 1.90. The largest absolute Gasteiger partial charge is 0.296 e. The Morgan fingerprint density at radius 1 is 1.25 bits per heavy atom. The topological polar surface area (TPSA) is 16.1 Å². The van der Waals surface area contributed by atoms with Gasteiger partial charge in [0.05, 0.1) is 5.52 Å². The number of piperidine rings is 1. The average molecular weight is 268 g/mol. The Labute approximate surface area is 121 Å². The number of aromatic nitrogens is 1. The molecule has 0 saturated carbocycles. The lowest BCUT2D eigenvalue weighted by Crippen LogP contribution is -2.36. The molecule has 1 fully saturated rings. The second-order valence-corrected chi connectivity index (χ2v) is 6.36. The molecule has 0 N–H and O–H groups in total. The first-order valence-electron chi connectivity index (χ1n) is 7.83. The van der Waals surface area contributed by atoms with Crippen molar-refractivity contribution in [3.05, 3.63) is 42.1 Å². The molecule has 1 atom stereocenters. The number of nitrogens with zero attached hydrogens (tertiary/aromatic N) is 2. The third-order valence-electron chi connectivity index (χ3n) is 4.23. The first-order chi connectivity index (χ1) is 9.74. The molecule has 1 aromatic heterocycles. The summed E-state index contributed by atoms with van der Waals surface area (Å²) in [6, 6.07) is 11.6. The third-order valence-corrected chi connectivity index (χ3v) is 4.23. The maximum absolute atomic E-state index is 4.42. The number of pyridine rings is 1. The van der Waals surface area contributed by atoms with E-state index in [4.69, 9.17) is 0 Å². The van der Waals surface area contributed by atoms with Crippen LogP contribution in [0.1, 0.15) is 44.7 Å². The van der Waals surface area contributed by atoms with Crippen molar-refractivity contribution in [2.75, 3.05) is 13.1 Å². The number of hydrogen-bond donors (Lipinski definition) is 0. The molecular weight excluding hydrogens is 244 g/mol. The van der Waals surface area contributed by atoms with Crippen LogP contribution in [0, 0.1) is 5.92 Å². The lowest BCUT2D eigenvalue weighted by atomic mass is 9.93. The van der Waals surface area contributed by atoms with Gasteiger partial charge < -0.3 is 0 Å². The number of fused-ring (bicyclic) bond motifs is 1. The molecule has 1 unspecified atom stereocenters. The molecule has 1 saturated heterocycles. The SMILES string of the molecule is CC(C)CN1CCCCC1c1ccc2ncccc2c1. The summed E-state index contributed by atoms with van der Waals surface area (Å²) in [5.41, 5.74) is 2.56. The minimum absolute atomic E-state index is 0.593. The van der Waals surface area contributed by atoms with Gasteiger partial charge in [-0.1, -0.05) is 32.4 Å². The monoisotopic (exact) mass is 268 g/mol. The Bertz CT molecular complexity index is 576. The van der Waals surface area contributed by atoms with E-state index in [1.807, 2.05) is 12.3 Å². The molecule has 2 nitrogen and oxygen atoms in total. The molecule has 0 bridgehead atoms. The maximum atomic E-state index is 4.42. The van der Waals surface area contributed by atoms with Crippen LogP contribution in [0.15, 0.2) is 36.5 Å². The Morgan fingerprint density at radius 2 is 2.15 bits per heavy atom. The van der Waals surface area contributed by atoms with Crippen molar-refractivity contribution in [3.8, 4) is 0 Å². The van der Waals surface area contributed by atoms with Gasteiger partial charge >= 0.3 is 0 Å². The second-order valence-electron chi connectivity index (χ2n) is 6.36. The summed E-state index contributed by atoms with van der Waals surface area (Å²) < 4.78 is 0. The van der Waals surface area contributed by atoms with Crippen molar-refractivity contribution in [3.63, 3.8) is 0 Å². The third kappa shape index (κ3) is 2.85. The molecule has 2 aromatic rings. The standard InChI is InChI=1S/C18H24N2/c1-14(2)13-20-11-4-3-7-18(20)16-8-9-17-15(12-16)6-5-10-19-17/h5-6,8-10,12,14,18H,3-4,7,11,13H2,1-2H3. The number of hydrogen-bond acceptors (Lipinski definition) is 2. The lowest BCUT2D eigenvalue weighted by molar-refractivity contribution is 0.132. The fourth-order valence-electron chi connectivity index (χ4n) is 3.36. The van der Waals surface area contributed by atoms with Gasteiger partial charge in [-0.25, -0.2) is 0 Å². The fraction of sp³-hybridized carbons (Fsp3) is 0.500. The molecular formula is C18H24N2. The predicted octanol–water partition coefficient (Wildman–Crippen LogP) is 4.42. The zero-order valence-corrected chi connectivity index (χ0v) is 12.5. The Kier molecular flexibility index (Phi) is 4.02. The molecule has 20 heavy (non-hydrogen) atoms. The van der Waals surface area contributed by atoms with Gasteiger partial charge in [-0.2, -0.15) is 0 Å². The first-order valence-corrected chi connectivity index (χ1v) is 7.83. The zero-order valence-electron chi connectivity index (χ0n) is 12.5. The van der Waals surface area contributed by atoms with Crippen molar-refractivity contribution in [1.82, 2.24) is 9.88 Å². The van der Waals surface area contributed by atoms with Crippen molar-refractivity contribution in [1.29, 1.82) is 0 Å². The average Bonchev–Trinajstić information content (AvgIpc) is 2.47. The van der Waals surface area contributed by atoms with E-state index in [2.05, 4.69) is 48.0 Å². The van der Waals surface area contributed by atoms with Crippen LogP contribution in [0.4, 0.5) is 0 Å². The molecule has 0 aliphatic carbocycles. The van der Waals surface area contributed by atoms with E-state index in [9.17, 15) is 0 Å². The summed E-state index contributed by atoms with van der Waals surface area (Å²) in [6.45, 7) is 7.08. The van der Waals surface area contributed by atoms with Crippen LogP contribution >= 0.6 is 0 Å². The number of benzene rings is 1. The molecule has 3 rings (SSSR count). The zero-order chi connectivity index (χ0) is 13.9. The van der Waals surface area contributed by atoms with Crippen LogP contribution < -0.4 is 0 Å². The van der Waals surface area contributed by atoms with E-state index in [0.29, 0.717) is 6.04 Å². The Morgan fingerprint density at radius 3 is 3.00 bits per heavy atom. The summed E-state index contributed by atoms with van der Waals surface area (Å²) in [5, 5.41) is 1.26. The molecule has 1 aliphatic rings. The van der Waals surface area contributed by atoms with Crippen LogP contribution in [-0.4, -0.2) is 23.0 Å². The molecule has 106 valence electrons. The molecule has 0 spiro atoms. The quantitative estimate of drug-likeness (QED) is 0.819. The van der Waals surface area contributed by atoms with Gasteiger partial charge in [-0.3, -0.25) is 9.88 Å². The van der Waals surface area contributed by atoms with E-state index in [0.717, 1.165) is 11.4 Å². The van der Waals surface area contributed by atoms with Crippen LogP contribution in [-0.2, 0) is 0 Å². The summed E-state index contributed by atoms with van der Waals surface area (Å²) in [7, 11) is 0. The van der Waals surface area contributed by atoms with Crippen LogP contribution in [0.25, 0.3) is 10.9 Å². The van der Waals surface area contributed by atoms with Crippen molar-refractivity contribution < 1.29 is 0 Å². The maximum Gasteiger partial charge on any atom is 0.0702 e. The van der Waals surface area contributed by atoms with Crippen molar-refractivity contribution in [2.45, 2.75) is 39.2 Å². The van der Waals surface area contributed by atoms with E-state index >= 15 is 0 Å². The summed E-state index contributed by atoms with van der Waals surface area (Å²) >= 11 is 0. The lowest BCUT2D eigenvalue weighted by Gasteiger charge is -2.37. The highest BCUT2D eigenvalue weighted by Gasteiger charge is 2.24. The van der Waals surface area contributed by atoms with Gasteiger partial charge in [0.1, 0.15) is 0 Å². The van der Waals surface area contributed by atoms with Gasteiger partial charge in [0.15, 0.2) is 0 Å². The normalized spacial score (nSPS) is 20.6. The summed E-state index contributed by atoms with van der Waals surface area (Å²) in [6.07, 6.45) is 5.86. The minimum atomic E-state index is 0.593. The fourth-order valence-corrected chi connectivity index (χ4v) is 3.36. The molecule has 1 aromatic carbocycles. The van der Waals surface area contributed by atoms with Gasteiger partial charge in [0.25, 0.3) is 0 Å². The van der Waals surface area contributed by atoms with E-state index in [1.54, 1.807) is 0 Å². The predicted molar refractivity (Wildman–Crippen MR) is 84.7 cm³/mol. The highest BCUT2D eigenvalue weighted by molar-refractivity contribution is 5.79. The molecule has 1 aliphatic heterocycles. The van der Waals surface area contributed by atoms with Gasteiger partial charge in [-0.15, -0.1) is 0 Å². The first kappa shape index (κ1) is 13.6. The van der Waals surface area contributed by atoms with E-state index in [1.165, 1.54) is 43.3 Å². The second kappa shape index (κ2) is 5.92. The minimum Gasteiger partial charge on any atom is -0.296 e. The number of likely N-dealkylation sites (tertiary alicyclic amines) is 1. The van der Waals surface area contributed by atoms with E-state index in [-0.39, 0.29) is 0 Å². The molecule has 2 heterocycles. The molecule has 0 radical (unpaired) electrons. The van der Waals surface area contributed by atoms with Gasteiger partial charge in [0.2, 0.25) is 0 Å². The van der Waals surface area contributed by atoms with Gasteiger partial charge in [-0.05, 0) is 49.1 Å². The Hall–Kier alpha value is -1.41. The van der Waals surface area contributed by atoms with Crippen LogP contribution in [0.5, 0.6) is 0 Å². The molecule has 2 heteroatoms. The van der Waals surface area contributed by atoms with Crippen LogP contribution in [0.2, 0.25) is 0 Å².